The number of rotatable bonds is 5. The van der Waals surface area contributed by atoms with Crippen LogP contribution in [0.4, 0.5) is 5.69 Å². The first-order chi connectivity index (χ1) is 12.9. The van der Waals surface area contributed by atoms with Crippen molar-refractivity contribution in [3.63, 3.8) is 0 Å². The number of anilines is 1. The minimum atomic E-state index is -3.67. The summed E-state index contributed by atoms with van der Waals surface area (Å²) in [4.78, 5) is 14.6. The molecular formula is C20H25N3O3S. The van der Waals surface area contributed by atoms with E-state index in [1.165, 1.54) is 23.5 Å². The number of benzene rings is 2. The molecule has 0 saturated carbocycles. The highest BCUT2D eigenvalue weighted by Gasteiger charge is 2.24. The summed E-state index contributed by atoms with van der Waals surface area (Å²) in [6.45, 7) is 1.42. The molecule has 1 saturated heterocycles. The van der Waals surface area contributed by atoms with Crippen LogP contribution in [0.3, 0.4) is 0 Å². The van der Waals surface area contributed by atoms with E-state index < -0.39 is 10.0 Å². The monoisotopic (exact) mass is 387 g/mol. The van der Waals surface area contributed by atoms with Gasteiger partial charge < -0.3 is 10.2 Å². The van der Waals surface area contributed by atoms with Crippen LogP contribution < -0.4 is 9.62 Å². The van der Waals surface area contributed by atoms with Crippen molar-refractivity contribution in [2.24, 2.45) is 0 Å². The molecule has 0 spiro atoms. The quantitative estimate of drug-likeness (QED) is 0.855. The third-order valence-corrected chi connectivity index (χ3v) is 6.87. The Labute approximate surface area is 160 Å². The number of piperidine rings is 1. The molecule has 0 aromatic heterocycles. The number of carbonyl (C=O) groups excluding carboxylic acids is 1. The van der Waals surface area contributed by atoms with Gasteiger partial charge in [-0.1, -0.05) is 18.2 Å². The molecule has 0 bridgehead atoms. The lowest BCUT2D eigenvalue weighted by Gasteiger charge is -2.31. The van der Waals surface area contributed by atoms with Gasteiger partial charge in [0.2, 0.25) is 0 Å². The standard InChI is InChI=1S/C20H25N3O3S/c1-21-17-12-14-23(15-13-17)20(24)16-8-10-19(11-9-16)27(25,26)22(2)18-6-4-3-5-7-18/h3-11,17,21H,12-15H2,1-2H3. The number of sulfonamides is 1. The van der Waals surface area contributed by atoms with Crippen molar-refractivity contribution in [3.05, 3.63) is 60.2 Å². The highest BCUT2D eigenvalue weighted by Crippen LogP contribution is 2.22. The molecule has 2 aromatic carbocycles. The lowest BCUT2D eigenvalue weighted by molar-refractivity contribution is 0.0707. The fourth-order valence-corrected chi connectivity index (χ4v) is 4.45. The van der Waals surface area contributed by atoms with Crippen LogP contribution in [0.2, 0.25) is 0 Å². The van der Waals surface area contributed by atoms with Crippen LogP contribution >= 0.6 is 0 Å². The predicted molar refractivity (Wildman–Crippen MR) is 106 cm³/mol. The summed E-state index contributed by atoms with van der Waals surface area (Å²) in [5.41, 5.74) is 1.10. The first-order valence-electron chi connectivity index (χ1n) is 9.04. The number of para-hydroxylation sites is 1. The second-order valence-corrected chi connectivity index (χ2v) is 8.66. The van der Waals surface area contributed by atoms with Gasteiger partial charge >= 0.3 is 0 Å². The Morgan fingerprint density at radius 1 is 1.04 bits per heavy atom. The van der Waals surface area contributed by atoms with Gasteiger partial charge in [-0.3, -0.25) is 9.10 Å². The average molecular weight is 388 g/mol. The van der Waals surface area contributed by atoms with Gasteiger partial charge in [0.05, 0.1) is 10.6 Å². The van der Waals surface area contributed by atoms with Crippen molar-refractivity contribution in [2.45, 2.75) is 23.8 Å². The number of nitrogens with zero attached hydrogens (tertiary/aromatic N) is 2. The maximum absolute atomic E-state index is 12.8. The van der Waals surface area contributed by atoms with E-state index >= 15 is 0 Å². The number of likely N-dealkylation sites (tertiary alicyclic amines) is 1. The van der Waals surface area contributed by atoms with Crippen molar-refractivity contribution in [2.75, 3.05) is 31.5 Å². The maximum atomic E-state index is 12.8. The van der Waals surface area contributed by atoms with E-state index in [2.05, 4.69) is 5.32 Å². The summed E-state index contributed by atoms with van der Waals surface area (Å²) in [6, 6.07) is 15.6. The molecule has 144 valence electrons. The average Bonchev–Trinajstić information content (AvgIpc) is 2.73. The van der Waals surface area contributed by atoms with Crippen LogP contribution in [0.5, 0.6) is 0 Å². The van der Waals surface area contributed by atoms with E-state index in [0.29, 0.717) is 30.4 Å². The van der Waals surface area contributed by atoms with Gasteiger partial charge in [0, 0.05) is 31.7 Å². The van der Waals surface area contributed by atoms with Crippen molar-refractivity contribution in [1.82, 2.24) is 10.2 Å². The van der Waals surface area contributed by atoms with Crippen molar-refractivity contribution >= 4 is 21.6 Å². The molecule has 1 heterocycles. The molecule has 1 fully saturated rings. The Bertz CT molecular complexity index is 874. The van der Waals surface area contributed by atoms with Crippen LogP contribution in [-0.4, -0.2) is 52.5 Å². The van der Waals surface area contributed by atoms with Crippen LogP contribution in [0.25, 0.3) is 0 Å². The molecule has 1 N–H and O–H groups in total. The lowest BCUT2D eigenvalue weighted by atomic mass is 10.0. The zero-order chi connectivity index (χ0) is 19.4. The SMILES string of the molecule is CNC1CCN(C(=O)c2ccc(S(=O)(=O)N(C)c3ccccc3)cc2)CC1. The Morgan fingerprint density at radius 2 is 1.63 bits per heavy atom. The second-order valence-electron chi connectivity index (χ2n) is 6.69. The Kier molecular flexibility index (Phi) is 5.82. The Morgan fingerprint density at radius 3 is 2.19 bits per heavy atom. The Balaban J connectivity index is 1.74. The van der Waals surface area contributed by atoms with E-state index in [1.54, 1.807) is 36.4 Å². The third kappa shape index (κ3) is 4.14. The molecule has 0 atom stereocenters. The summed E-state index contributed by atoms with van der Waals surface area (Å²) in [5.74, 6) is -0.0510. The predicted octanol–water partition coefficient (Wildman–Crippen LogP) is 2.34. The normalized spacial score (nSPS) is 15.6. The number of hydrogen-bond acceptors (Lipinski definition) is 4. The number of hydrogen-bond donors (Lipinski definition) is 1. The highest BCUT2D eigenvalue weighted by molar-refractivity contribution is 7.92. The van der Waals surface area contributed by atoms with E-state index in [9.17, 15) is 13.2 Å². The highest BCUT2D eigenvalue weighted by atomic mass is 32.2. The largest absolute Gasteiger partial charge is 0.339 e. The van der Waals surface area contributed by atoms with Gasteiger partial charge in [-0.25, -0.2) is 8.42 Å². The number of amides is 1. The zero-order valence-electron chi connectivity index (χ0n) is 15.6. The molecule has 7 heteroatoms. The van der Waals surface area contributed by atoms with Crippen molar-refractivity contribution in [3.8, 4) is 0 Å². The van der Waals surface area contributed by atoms with E-state index in [4.69, 9.17) is 0 Å². The first kappa shape index (κ1) is 19.4. The molecule has 0 unspecified atom stereocenters. The van der Waals surface area contributed by atoms with E-state index in [0.717, 1.165) is 12.8 Å². The molecule has 6 nitrogen and oxygen atoms in total. The summed E-state index contributed by atoms with van der Waals surface area (Å²) >= 11 is 0. The van der Waals surface area contributed by atoms with Crippen LogP contribution in [0, 0.1) is 0 Å². The summed E-state index contributed by atoms with van der Waals surface area (Å²) < 4.78 is 26.9. The van der Waals surface area contributed by atoms with E-state index in [-0.39, 0.29) is 10.8 Å². The third-order valence-electron chi connectivity index (χ3n) is 5.07. The minimum Gasteiger partial charge on any atom is -0.339 e. The van der Waals surface area contributed by atoms with Gasteiger partial charge in [-0.2, -0.15) is 0 Å². The molecule has 2 aromatic rings. The van der Waals surface area contributed by atoms with Gasteiger partial charge in [0.1, 0.15) is 0 Å². The van der Waals surface area contributed by atoms with Crippen molar-refractivity contribution < 1.29 is 13.2 Å². The zero-order valence-corrected chi connectivity index (χ0v) is 16.4. The molecule has 1 amide bonds. The van der Waals surface area contributed by atoms with Crippen LogP contribution in [0.15, 0.2) is 59.5 Å². The summed E-state index contributed by atoms with van der Waals surface area (Å²) in [7, 11) is -0.208. The molecular weight excluding hydrogens is 362 g/mol. The van der Waals surface area contributed by atoms with Crippen LogP contribution in [0.1, 0.15) is 23.2 Å². The minimum absolute atomic E-state index is 0.0510. The first-order valence-corrected chi connectivity index (χ1v) is 10.5. The molecule has 0 aliphatic carbocycles. The molecule has 1 aliphatic rings. The number of carbonyl (C=O) groups is 1. The summed E-state index contributed by atoms with van der Waals surface area (Å²) in [6.07, 6.45) is 1.85. The van der Waals surface area contributed by atoms with Gasteiger partial charge in [0.15, 0.2) is 0 Å². The summed E-state index contributed by atoms with van der Waals surface area (Å²) in [5, 5.41) is 3.24. The van der Waals surface area contributed by atoms with Crippen molar-refractivity contribution in [1.29, 1.82) is 0 Å². The number of nitrogens with one attached hydrogen (secondary N) is 1. The van der Waals surface area contributed by atoms with Gasteiger partial charge in [0.25, 0.3) is 15.9 Å². The topological polar surface area (TPSA) is 69.7 Å². The van der Waals surface area contributed by atoms with E-state index in [1.807, 2.05) is 18.0 Å². The molecule has 1 aliphatic heterocycles. The molecule has 3 rings (SSSR count). The van der Waals surface area contributed by atoms with Gasteiger partial charge in [-0.15, -0.1) is 0 Å². The fraction of sp³-hybridized carbons (Fsp3) is 0.350. The van der Waals surface area contributed by atoms with Crippen LogP contribution in [-0.2, 0) is 10.0 Å². The Hall–Kier alpha value is -2.38. The second kappa shape index (κ2) is 8.10. The maximum Gasteiger partial charge on any atom is 0.264 e. The fourth-order valence-electron chi connectivity index (χ4n) is 3.26. The van der Waals surface area contributed by atoms with Gasteiger partial charge in [-0.05, 0) is 56.3 Å². The molecule has 0 radical (unpaired) electrons. The molecule has 27 heavy (non-hydrogen) atoms. The smallest absolute Gasteiger partial charge is 0.264 e. The lowest BCUT2D eigenvalue weighted by Crippen LogP contribution is -2.43.